The average molecular weight is 399 g/mol. The number of thioether (sulfide) groups is 1. The Hall–Kier alpha value is -1.20. The van der Waals surface area contributed by atoms with Gasteiger partial charge in [-0.25, -0.2) is 0 Å². The standard InChI is InChI=1S/C17H14Cl3N3S/c1-2-23-16(11-4-3-5-13(18)8-11)21-22-17(23)24-10-12-6-7-14(19)9-15(12)20/h3-9H,2,10H2,1H3. The molecular formula is C17H14Cl3N3S. The van der Waals surface area contributed by atoms with E-state index in [0.717, 1.165) is 28.7 Å². The van der Waals surface area contributed by atoms with E-state index in [2.05, 4.69) is 21.7 Å². The molecule has 124 valence electrons. The fourth-order valence-corrected chi connectivity index (χ4v) is 4.05. The summed E-state index contributed by atoms with van der Waals surface area (Å²) >= 11 is 19.8. The number of aromatic nitrogens is 3. The van der Waals surface area contributed by atoms with Crippen LogP contribution in [0.25, 0.3) is 11.4 Å². The number of nitrogens with zero attached hydrogens (tertiary/aromatic N) is 3. The van der Waals surface area contributed by atoms with Crippen molar-refractivity contribution in [3.05, 3.63) is 63.1 Å². The highest BCUT2D eigenvalue weighted by Gasteiger charge is 2.14. The smallest absolute Gasteiger partial charge is 0.191 e. The fourth-order valence-electron chi connectivity index (χ4n) is 2.30. The lowest BCUT2D eigenvalue weighted by Gasteiger charge is -2.08. The average Bonchev–Trinajstić information content (AvgIpc) is 2.97. The lowest BCUT2D eigenvalue weighted by atomic mass is 10.2. The van der Waals surface area contributed by atoms with Crippen LogP contribution in [0.15, 0.2) is 47.6 Å². The van der Waals surface area contributed by atoms with Crippen LogP contribution in [0, 0.1) is 0 Å². The Bertz CT molecular complexity index is 864. The number of halogens is 3. The Morgan fingerprint density at radius 3 is 2.50 bits per heavy atom. The van der Waals surface area contributed by atoms with E-state index in [-0.39, 0.29) is 0 Å². The van der Waals surface area contributed by atoms with E-state index in [1.54, 1.807) is 17.8 Å². The molecule has 0 unspecified atom stereocenters. The summed E-state index contributed by atoms with van der Waals surface area (Å²) in [6.45, 7) is 2.84. The first-order valence-corrected chi connectivity index (χ1v) is 9.46. The molecule has 0 N–H and O–H groups in total. The van der Waals surface area contributed by atoms with E-state index >= 15 is 0 Å². The van der Waals surface area contributed by atoms with Crippen molar-refractivity contribution in [1.29, 1.82) is 0 Å². The lowest BCUT2D eigenvalue weighted by Crippen LogP contribution is -2.00. The first-order valence-electron chi connectivity index (χ1n) is 7.34. The second kappa shape index (κ2) is 7.79. The molecule has 0 saturated carbocycles. The van der Waals surface area contributed by atoms with Gasteiger partial charge in [-0.3, -0.25) is 0 Å². The third kappa shape index (κ3) is 3.89. The van der Waals surface area contributed by atoms with Crippen LogP contribution >= 0.6 is 46.6 Å². The van der Waals surface area contributed by atoms with E-state index < -0.39 is 0 Å². The van der Waals surface area contributed by atoms with Gasteiger partial charge < -0.3 is 4.57 Å². The van der Waals surface area contributed by atoms with Crippen molar-refractivity contribution in [3.8, 4) is 11.4 Å². The maximum absolute atomic E-state index is 6.23. The van der Waals surface area contributed by atoms with E-state index in [1.165, 1.54) is 0 Å². The molecule has 1 heterocycles. The summed E-state index contributed by atoms with van der Waals surface area (Å²) in [5.41, 5.74) is 1.97. The minimum absolute atomic E-state index is 0.633. The highest BCUT2D eigenvalue weighted by molar-refractivity contribution is 7.98. The second-order valence-electron chi connectivity index (χ2n) is 5.09. The van der Waals surface area contributed by atoms with Crippen molar-refractivity contribution in [3.63, 3.8) is 0 Å². The van der Waals surface area contributed by atoms with Gasteiger partial charge in [0, 0.05) is 32.9 Å². The van der Waals surface area contributed by atoms with Gasteiger partial charge in [-0.1, -0.05) is 64.8 Å². The molecule has 7 heteroatoms. The summed E-state index contributed by atoms with van der Waals surface area (Å²) in [5, 5.41) is 11.5. The van der Waals surface area contributed by atoms with Gasteiger partial charge in [-0.15, -0.1) is 10.2 Å². The van der Waals surface area contributed by atoms with Crippen LogP contribution < -0.4 is 0 Å². The van der Waals surface area contributed by atoms with Gasteiger partial charge in [0.15, 0.2) is 11.0 Å². The van der Waals surface area contributed by atoms with Crippen LogP contribution in [-0.4, -0.2) is 14.8 Å². The predicted octanol–water partition coefficient (Wildman–Crippen LogP) is 6.22. The van der Waals surface area contributed by atoms with Crippen LogP contribution in [-0.2, 0) is 12.3 Å². The lowest BCUT2D eigenvalue weighted by molar-refractivity contribution is 0.687. The summed E-state index contributed by atoms with van der Waals surface area (Å²) in [7, 11) is 0. The van der Waals surface area contributed by atoms with Crippen molar-refractivity contribution in [2.45, 2.75) is 24.4 Å². The molecule has 0 atom stereocenters. The first-order chi connectivity index (χ1) is 11.6. The minimum atomic E-state index is 0.633. The van der Waals surface area contributed by atoms with Gasteiger partial charge in [0.25, 0.3) is 0 Å². The number of benzene rings is 2. The SMILES string of the molecule is CCn1c(SCc2ccc(Cl)cc2Cl)nnc1-c1cccc(Cl)c1. The Morgan fingerprint density at radius 1 is 1.00 bits per heavy atom. The minimum Gasteiger partial charge on any atom is -0.302 e. The number of hydrogen-bond donors (Lipinski definition) is 0. The third-order valence-corrected chi connectivity index (χ3v) is 5.33. The highest BCUT2D eigenvalue weighted by Crippen LogP contribution is 2.30. The quantitative estimate of drug-likeness (QED) is 0.478. The Morgan fingerprint density at radius 2 is 1.79 bits per heavy atom. The molecule has 1 aromatic heterocycles. The van der Waals surface area contributed by atoms with Crippen molar-refractivity contribution in [2.75, 3.05) is 0 Å². The largest absolute Gasteiger partial charge is 0.302 e. The zero-order valence-electron chi connectivity index (χ0n) is 12.8. The topological polar surface area (TPSA) is 30.7 Å². The second-order valence-corrected chi connectivity index (χ2v) is 7.31. The first kappa shape index (κ1) is 17.6. The molecule has 0 aliphatic carbocycles. The van der Waals surface area contributed by atoms with Crippen molar-refractivity contribution in [1.82, 2.24) is 14.8 Å². The summed E-state index contributed by atoms with van der Waals surface area (Å²) in [6, 6.07) is 13.1. The van der Waals surface area contributed by atoms with Crippen LogP contribution in [0.3, 0.4) is 0 Å². The van der Waals surface area contributed by atoms with Gasteiger partial charge in [-0.05, 0) is 36.8 Å². The number of rotatable bonds is 5. The van der Waals surface area contributed by atoms with Crippen molar-refractivity contribution >= 4 is 46.6 Å². The van der Waals surface area contributed by atoms with Gasteiger partial charge in [0.05, 0.1) is 0 Å². The normalized spacial score (nSPS) is 11.0. The van der Waals surface area contributed by atoms with Gasteiger partial charge in [0.2, 0.25) is 0 Å². The molecule has 0 aliphatic heterocycles. The van der Waals surface area contributed by atoms with E-state index in [0.29, 0.717) is 20.8 Å². The van der Waals surface area contributed by atoms with Crippen LogP contribution in [0.4, 0.5) is 0 Å². The van der Waals surface area contributed by atoms with E-state index in [4.69, 9.17) is 34.8 Å². The molecule has 2 aromatic carbocycles. The van der Waals surface area contributed by atoms with E-state index in [9.17, 15) is 0 Å². The fraction of sp³-hybridized carbons (Fsp3) is 0.176. The molecule has 3 rings (SSSR count). The molecule has 24 heavy (non-hydrogen) atoms. The maximum Gasteiger partial charge on any atom is 0.191 e. The summed E-state index contributed by atoms with van der Waals surface area (Å²) < 4.78 is 2.07. The molecule has 0 fully saturated rings. The Balaban J connectivity index is 1.84. The molecule has 3 aromatic rings. The highest BCUT2D eigenvalue weighted by atomic mass is 35.5. The molecule has 0 saturated heterocycles. The molecule has 0 amide bonds. The molecule has 0 aliphatic rings. The van der Waals surface area contributed by atoms with Gasteiger partial charge in [-0.2, -0.15) is 0 Å². The van der Waals surface area contributed by atoms with Gasteiger partial charge in [0.1, 0.15) is 0 Å². The molecule has 0 bridgehead atoms. The van der Waals surface area contributed by atoms with Crippen molar-refractivity contribution in [2.24, 2.45) is 0 Å². The Kier molecular flexibility index (Phi) is 5.72. The Labute approximate surface area is 160 Å². The van der Waals surface area contributed by atoms with Crippen LogP contribution in [0.5, 0.6) is 0 Å². The molecule has 0 radical (unpaired) electrons. The summed E-state index contributed by atoms with van der Waals surface area (Å²) in [6.07, 6.45) is 0. The maximum atomic E-state index is 6.23. The molecule has 3 nitrogen and oxygen atoms in total. The zero-order chi connectivity index (χ0) is 17.1. The monoisotopic (exact) mass is 397 g/mol. The van der Waals surface area contributed by atoms with Gasteiger partial charge >= 0.3 is 0 Å². The van der Waals surface area contributed by atoms with Crippen LogP contribution in [0.1, 0.15) is 12.5 Å². The third-order valence-electron chi connectivity index (χ3n) is 3.49. The zero-order valence-corrected chi connectivity index (χ0v) is 15.9. The number of hydrogen-bond acceptors (Lipinski definition) is 3. The summed E-state index contributed by atoms with van der Waals surface area (Å²) in [5.74, 6) is 1.51. The van der Waals surface area contributed by atoms with Crippen molar-refractivity contribution < 1.29 is 0 Å². The van der Waals surface area contributed by atoms with Crippen LogP contribution in [0.2, 0.25) is 15.1 Å². The summed E-state index contributed by atoms with van der Waals surface area (Å²) in [4.78, 5) is 0. The van der Waals surface area contributed by atoms with E-state index in [1.807, 2.05) is 36.4 Å². The predicted molar refractivity (Wildman–Crippen MR) is 102 cm³/mol. The molecule has 0 spiro atoms. The molecular weight excluding hydrogens is 385 g/mol.